The Kier molecular flexibility index (Phi) is 2.96. The molecule has 0 atom stereocenters. The molecule has 3 N–H and O–H groups in total. The van der Waals surface area contributed by atoms with Gasteiger partial charge in [0.25, 0.3) is 0 Å². The zero-order chi connectivity index (χ0) is 12.8. The Hall–Kier alpha value is -2.32. The fourth-order valence-electron chi connectivity index (χ4n) is 2.99. The highest BCUT2D eigenvalue weighted by atomic mass is 14.1. The van der Waals surface area contributed by atoms with Gasteiger partial charge in [-0.2, -0.15) is 0 Å². The Morgan fingerprint density at radius 2 is 1.25 bits per heavy atom. The maximum atomic E-state index is 2.32. The summed E-state index contributed by atoms with van der Waals surface area (Å²) in [5.74, 6) is 0. The van der Waals surface area contributed by atoms with Crippen molar-refractivity contribution in [1.82, 2.24) is 6.15 Å². The summed E-state index contributed by atoms with van der Waals surface area (Å²) >= 11 is 0. The van der Waals surface area contributed by atoms with Crippen molar-refractivity contribution >= 4 is 45.6 Å². The van der Waals surface area contributed by atoms with Crippen molar-refractivity contribution in [1.29, 1.82) is 0 Å². The van der Waals surface area contributed by atoms with Gasteiger partial charge in [0.1, 0.15) is 7.85 Å². The lowest BCUT2D eigenvalue weighted by atomic mass is 9.87. The smallest absolute Gasteiger partial charge is 0.140 e. The molecule has 0 saturated carbocycles. The summed E-state index contributed by atoms with van der Waals surface area (Å²) in [5, 5.41) is 8.00. The summed E-state index contributed by atoms with van der Waals surface area (Å²) < 4.78 is 0. The molecule has 0 bridgehead atoms. The largest absolute Gasteiger partial charge is 0.344 e. The maximum Gasteiger partial charge on any atom is 0.140 e. The molecular weight excluding hydrogens is 241 g/mol. The summed E-state index contributed by atoms with van der Waals surface area (Å²) in [6.07, 6.45) is 0. The van der Waals surface area contributed by atoms with Crippen molar-refractivity contribution in [3.05, 3.63) is 66.7 Å². The molecule has 2 heteroatoms. The average molecular weight is 257 g/mol. The van der Waals surface area contributed by atoms with Crippen LogP contribution < -0.4 is 11.6 Å². The predicted molar refractivity (Wildman–Crippen MR) is 92.2 cm³/mol. The van der Waals surface area contributed by atoms with E-state index in [0.29, 0.717) is 0 Å². The van der Waals surface area contributed by atoms with Gasteiger partial charge in [0, 0.05) is 0 Å². The van der Waals surface area contributed by atoms with E-state index in [2.05, 4.69) is 74.6 Å². The summed E-state index contributed by atoms with van der Waals surface area (Å²) in [4.78, 5) is 0. The minimum atomic E-state index is 0. The SMILES string of the molecule is Bc1cccc2ccc3cc4ccccc4cc3c12.N. The van der Waals surface area contributed by atoms with E-state index in [1.807, 2.05) is 0 Å². The summed E-state index contributed by atoms with van der Waals surface area (Å²) in [7, 11) is 2.19. The molecule has 0 saturated heterocycles. The summed E-state index contributed by atoms with van der Waals surface area (Å²) in [6, 6.07) is 24.1. The molecule has 0 heterocycles. The zero-order valence-electron chi connectivity index (χ0n) is 11.6. The third-order valence-electron chi connectivity index (χ3n) is 3.93. The van der Waals surface area contributed by atoms with Crippen LogP contribution in [0.2, 0.25) is 0 Å². The molecule has 96 valence electrons. The van der Waals surface area contributed by atoms with Crippen molar-refractivity contribution in [2.24, 2.45) is 0 Å². The fourth-order valence-corrected chi connectivity index (χ4v) is 2.99. The van der Waals surface area contributed by atoms with Crippen LogP contribution in [0.5, 0.6) is 0 Å². The first-order valence-corrected chi connectivity index (χ1v) is 6.64. The molecule has 4 aromatic rings. The van der Waals surface area contributed by atoms with E-state index in [1.165, 1.54) is 37.8 Å². The fraction of sp³-hybridized carbons (Fsp3) is 0. The first-order valence-electron chi connectivity index (χ1n) is 6.64. The third kappa shape index (κ3) is 1.77. The molecule has 20 heavy (non-hydrogen) atoms. The molecule has 0 aliphatic carbocycles. The van der Waals surface area contributed by atoms with E-state index in [1.54, 1.807) is 0 Å². The second-order valence-electron chi connectivity index (χ2n) is 5.16. The van der Waals surface area contributed by atoms with Crippen LogP contribution in [0.15, 0.2) is 66.7 Å². The van der Waals surface area contributed by atoms with Gasteiger partial charge in [-0.15, -0.1) is 0 Å². The van der Waals surface area contributed by atoms with Crippen molar-refractivity contribution in [3.8, 4) is 0 Å². The highest BCUT2D eigenvalue weighted by Gasteiger charge is 2.04. The number of hydrogen-bond donors (Lipinski definition) is 1. The Morgan fingerprint density at radius 3 is 2.05 bits per heavy atom. The van der Waals surface area contributed by atoms with Gasteiger partial charge in [-0.05, 0) is 44.5 Å². The quantitative estimate of drug-likeness (QED) is 0.292. The molecular formula is C18H16BN. The molecule has 0 radical (unpaired) electrons. The van der Waals surface area contributed by atoms with Crippen molar-refractivity contribution in [3.63, 3.8) is 0 Å². The van der Waals surface area contributed by atoms with Gasteiger partial charge in [0.15, 0.2) is 0 Å². The molecule has 0 spiro atoms. The van der Waals surface area contributed by atoms with Crippen molar-refractivity contribution < 1.29 is 0 Å². The Labute approximate surface area is 119 Å². The van der Waals surface area contributed by atoms with Gasteiger partial charge < -0.3 is 6.15 Å². The summed E-state index contributed by atoms with van der Waals surface area (Å²) in [5.41, 5.74) is 1.35. The minimum absolute atomic E-state index is 0. The van der Waals surface area contributed by atoms with Gasteiger partial charge >= 0.3 is 0 Å². The molecule has 1 nitrogen and oxygen atoms in total. The second-order valence-corrected chi connectivity index (χ2v) is 5.16. The molecule has 4 aromatic carbocycles. The second kappa shape index (κ2) is 4.66. The Balaban J connectivity index is 0.00000121. The van der Waals surface area contributed by atoms with Crippen LogP contribution in [-0.4, -0.2) is 7.85 Å². The van der Waals surface area contributed by atoms with Gasteiger partial charge in [-0.25, -0.2) is 0 Å². The molecule has 0 aromatic heterocycles. The Morgan fingerprint density at radius 1 is 0.600 bits per heavy atom. The monoisotopic (exact) mass is 257 g/mol. The first-order chi connectivity index (χ1) is 9.33. The predicted octanol–water partition coefficient (Wildman–Crippen LogP) is 3.57. The van der Waals surface area contributed by atoms with Crippen LogP contribution in [0, 0.1) is 0 Å². The lowest BCUT2D eigenvalue weighted by molar-refractivity contribution is 1.79. The van der Waals surface area contributed by atoms with E-state index in [4.69, 9.17) is 0 Å². The topological polar surface area (TPSA) is 35.0 Å². The van der Waals surface area contributed by atoms with Crippen LogP contribution in [0.25, 0.3) is 32.3 Å². The molecule has 0 unspecified atom stereocenters. The standard InChI is InChI=1S/C18H13B.H3N/c19-17-7-3-6-12-8-9-15-10-13-4-1-2-5-14(13)11-16(15)18(12)17;/h1-11H,19H2;1H3. The van der Waals surface area contributed by atoms with Gasteiger partial charge in [-0.1, -0.05) is 60.1 Å². The van der Waals surface area contributed by atoms with Crippen LogP contribution in [-0.2, 0) is 0 Å². The highest BCUT2D eigenvalue weighted by Crippen LogP contribution is 2.28. The first kappa shape index (κ1) is 12.7. The maximum absolute atomic E-state index is 2.32. The van der Waals surface area contributed by atoms with Gasteiger partial charge in [-0.3, -0.25) is 0 Å². The summed E-state index contributed by atoms with van der Waals surface area (Å²) in [6.45, 7) is 0. The van der Waals surface area contributed by atoms with Crippen LogP contribution in [0.3, 0.4) is 0 Å². The van der Waals surface area contributed by atoms with Gasteiger partial charge in [0.2, 0.25) is 0 Å². The van der Waals surface area contributed by atoms with Gasteiger partial charge in [0.05, 0.1) is 0 Å². The third-order valence-corrected chi connectivity index (χ3v) is 3.93. The number of hydrogen-bond acceptors (Lipinski definition) is 1. The van der Waals surface area contributed by atoms with Crippen molar-refractivity contribution in [2.75, 3.05) is 0 Å². The van der Waals surface area contributed by atoms with E-state index >= 15 is 0 Å². The lowest BCUT2D eigenvalue weighted by Crippen LogP contribution is -2.03. The molecule has 0 amide bonds. The molecule has 0 fully saturated rings. The van der Waals surface area contributed by atoms with E-state index in [-0.39, 0.29) is 6.15 Å². The van der Waals surface area contributed by atoms with E-state index in [9.17, 15) is 0 Å². The van der Waals surface area contributed by atoms with Crippen LogP contribution >= 0.6 is 0 Å². The number of rotatable bonds is 0. The number of fused-ring (bicyclic) bond motifs is 4. The molecule has 0 aliphatic rings. The van der Waals surface area contributed by atoms with Crippen LogP contribution in [0.1, 0.15) is 0 Å². The van der Waals surface area contributed by atoms with Crippen LogP contribution in [0.4, 0.5) is 0 Å². The normalized spacial score (nSPS) is 10.8. The Bertz CT molecular complexity index is 928. The molecule has 0 aliphatic heterocycles. The van der Waals surface area contributed by atoms with E-state index < -0.39 is 0 Å². The number of benzene rings is 4. The molecule has 4 rings (SSSR count). The van der Waals surface area contributed by atoms with Crippen molar-refractivity contribution in [2.45, 2.75) is 0 Å². The highest BCUT2D eigenvalue weighted by molar-refractivity contribution is 6.41. The average Bonchev–Trinajstić information content (AvgIpc) is 2.45. The zero-order valence-corrected chi connectivity index (χ0v) is 11.6. The lowest BCUT2D eigenvalue weighted by Gasteiger charge is -2.08. The van der Waals surface area contributed by atoms with E-state index in [0.717, 1.165) is 0 Å². The minimum Gasteiger partial charge on any atom is -0.344 e.